The van der Waals surface area contributed by atoms with Crippen LogP contribution in [0.3, 0.4) is 0 Å². The molecule has 1 aromatic rings. The van der Waals surface area contributed by atoms with Gasteiger partial charge in [-0.3, -0.25) is 14.7 Å². The Morgan fingerprint density at radius 1 is 1.32 bits per heavy atom. The minimum Gasteiger partial charge on any atom is -0.476 e. The second-order valence-electron chi connectivity index (χ2n) is 4.26. The summed E-state index contributed by atoms with van der Waals surface area (Å²) in [7, 11) is -8.40. The van der Waals surface area contributed by atoms with Crippen LogP contribution in [0.2, 0.25) is 0 Å². The number of hydroxylamine groups is 2. The molecule has 22 heavy (non-hydrogen) atoms. The van der Waals surface area contributed by atoms with Crippen molar-refractivity contribution in [2.24, 2.45) is 5.16 Å². The third-order valence-electron chi connectivity index (χ3n) is 2.62. The highest BCUT2D eigenvalue weighted by molar-refractivity contribution is 7.92. The van der Waals surface area contributed by atoms with Gasteiger partial charge in [0.05, 0.1) is 11.1 Å². The molecule has 0 amide bonds. The van der Waals surface area contributed by atoms with Crippen molar-refractivity contribution in [3.05, 3.63) is 30.3 Å². The molecule has 1 aliphatic rings. The maximum absolute atomic E-state index is 12.4. The quantitative estimate of drug-likeness (QED) is 0.620. The maximum atomic E-state index is 12.4. The van der Waals surface area contributed by atoms with Crippen LogP contribution in [0, 0.1) is 0 Å². The highest BCUT2D eigenvalue weighted by Gasteiger charge is 2.45. The molecule has 0 spiro atoms. The van der Waals surface area contributed by atoms with E-state index in [9.17, 15) is 18.2 Å². The SMILES string of the molecule is O=P(O)(O)CCOC1=NON(O)C1S(=O)(=O)c1ccccc1. The summed E-state index contributed by atoms with van der Waals surface area (Å²) in [4.78, 5) is 21.7. The van der Waals surface area contributed by atoms with Gasteiger partial charge in [0, 0.05) is 5.23 Å². The predicted octanol–water partition coefficient (Wildman–Crippen LogP) is -0.0694. The molecule has 1 aromatic carbocycles. The van der Waals surface area contributed by atoms with Crippen LogP contribution in [0.4, 0.5) is 0 Å². The zero-order valence-electron chi connectivity index (χ0n) is 11.0. The van der Waals surface area contributed by atoms with Crippen molar-refractivity contribution in [1.82, 2.24) is 5.23 Å². The number of hydrogen-bond donors (Lipinski definition) is 3. The Kier molecular flexibility index (Phi) is 4.85. The Morgan fingerprint density at radius 2 is 1.95 bits per heavy atom. The van der Waals surface area contributed by atoms with E-state index in [1.165, 1.54) is 24.3 Å². The van der Waals surface area contributed by atoms with Crippen molar-refractivity contribution < 1.29 is 37.7 Å². The molecule has 1 atom stereocenters. The van der Waals surface area contributed by atoms with E-state index >= 15 is 0 Å². The summed E-state index contributed by atoms with van der Waals surface area (Å²) in [5, 5.41) is 11.0. The first-order chi connectivity index (χ1) is 10.2. The van der Waals surface area contributed by atoms with Crippen LogP contribution in [0.5, 0.6) is 0 Å². The summed E-state index contributed by atoms with van der Waals surface area (Å²) in [6.45, 7) is -0.485. The Labute approximate surface area is 125 Å². The molecule has 10 nitrogen and oxygen atoms in total. The van der Waals surface area contributed by atoms with Gasteiger partial charge in [0.15, 0.2) is 0 Å². The number of hydrogen-bond acceptors (Lipinski definition) is 8. The summed E-state index contributed by atoms with van der Waals surface area (Å²) >= 11 is 0. The number of nitrogens with zero attached hydrogens (tertiary/aromatic N) is 2. The fraction of sp³-hybridized carbons (Fsp3) is 0.300. The minimum atomic E-state index is -4.30. The summed E-state index contributed by atoms with van der Waals surface area (Å²) in [5.41, 5.74) is 0. The van der Waals surface area contributed by atoms with Crippen molar-refractivity contribution >= 4 is 23.3 Å². The topological polar surface area (TPSA) is 146 Å². The monoisotopic (exact) mass is 352 g/mol. The Bertz CT molecular complexity index is 701. The molecule has 122 valence electrons. The molecule has 0 radical (unpaired) electrons. The van der Waals surface area contributed by atoms with Gasteiger partial charge in [-0.1, -0.05) is 18.2 Å². The molecule has 0 saturated heterocycles. The molecule has 0 aliphatic carbocycles. The predicted molar refractivity (Wildman–Crippen MR) is 72.4 cm³/mol. The van der Waals surface area contributed by atoms with E-state index in [1.54, 1.807) is 6.07 Å². The average Bonchev–Trinajstić information content (AvgIpc) is 2.80. The van der Waals surface area contributed by atoms with E-state index in [0.717, 1.165) is 0 Å². The third kappa shape index (κ3) is 3.83. The van der Waals surface area contributed by atoms with E-state index in [2.05, 4.69) is 10.1 Å². The van der Waals surface area contributed by atoms with Gasteiger partial charge < -0.3 is 14.5 Å². The molecular weight excluding hydrogens is 339 g/mol. The third-order valence-corrected chi connectivity index (χ3v) is 5.29. The minimum absolute atomic E-state index is 0.00481. The molecule has 12 heteroatoms. The molecule has 1 aliphatic heterocycles. The molecule has 1 unspecified atom stereocenters. The van der Waals surface area contributed by atoms with Crippen molar-refractivity contribution in [2.45, 2.75) is 10.3 Å². The molecule has 3 N–H and O–H groups in total. The lowest BCUT2D eigenvalue weighted by Crippen LogP contribution is -2.40. The molecule has 1 heterocycles. The van der Waals surface area contributed by atoms with E-state index in [4.69, 9.17) is 14.5 Å². The zero-order valence-corrected chi connectivity index (χ0v) is 12.7. The first-order valence-corrected chi connectivity index (χ1v) is 9.25. The van der Waals surface area contributed by atoms with Gasteiger partial charge in [-0.05, 0) is 17.3 Å². The van der Waals surface area contributed by atoms with Crippen molar-refractivity contribution in [3.63, 3.8) is 0 Å². The van der Waals surface area contributed by atoms with Crippen LogP contribution in [-0.2, 0) is 24.1 Å². The molecule has 0 bridgehead atoms. The number of benzene rings is 1. The van der Waals surface area contributed by atoms with Gasteiger partial charge in [0.2, 0.25) is 9.84 Å². The smallest absolute Gasteiger partial charge is 0.328 e. The van der Waals surface area contributed by atoms with Gasteiger partial charge in [-0.2, -0.15) is 0 Å². The van der Waals surface area contributed by atoms with Gasteiger partial charge in [0.25, 0.3) is 11.3 Å². The van der Waals surface area contributed by atoms with Gasteiger partial charge in [-0.15, -0.1) is 0 Å². The highest BCUT2D eigenvalue weighted by Crippen LogP contribution is 2.33. The van der Waals surface area contributed by atoms with Crippen LogP contribution in [0.1, 0.15) is 0 Å². The van der Waals surface area contributed by atoms with Gasteiger partial charge >= 0.3 is 7.60 Å². The number of oxime groups is 1. The average molecular weight is 352 g/mol. The standard InChI is InChI=1S/C10H13N2O8PS/c13-12-10(22(17,18)8-4-2-1-3-5-8)9(11-20-12)19-6-7-21(14,15)16/h1-5,10,13H,6-7H2,(H2,14,15,16). The maximum Gasteiger partial charge on any atom is 0.328 e. The Morgan fingerprint density at radius 3 is 2.55 bits per heavy atom. The van der Waals surface area contributed by atoms with E-state index < -0.39 is 41.5 Å². The van der Waals surface area contributed by atoms with Gasteiger partial charge in [0.1, 0.15) is 6.61 Å². The normalized spacial score (nSPS) is 19.6. The van der Waals surface area contributed by atoms with Crippen LogP contribution in [0.15, 0.2) is 40.4 Å². The zero-order chi connectivity index (χ0) is 16.4. The summed E-state index contributed by atoms with van der Waals surface area (Å²) in [6.07, 6.45) is -0.629. The second-order valence-corrected chi connectivity index (χ2v) is 8.05. The van der Waals surface area contributed by atoms with E-state index in [-0.39, 0.29) is 10.1 Å². The lowest BCUT2D eigenvalue weighted by atomic mass is 10.4. The van der Waals surface area contributed by atoms with E-state index in [1.807, 2.05) is 0 Å². The number of ether oxygens (including phenoxy) is 1. The second kappa shape index (κ2) is 6.32. The molecule has 2 rings (SSSR count). The molecule has 0 fully saturated rings. The van der Waals surface area contributed by atoms with Crippen LogP contribution >= 0.6 is 7.60 Å². The Hall–Kier alpha value is -1.49. The Balaban J connectivity index is 2.17. The molecule has 0 aromatic heterocycles. The van der Waals surface area contributed by atoms with Crippen LogP contribution in [-0.4, -0.2) is 52.7 Å². The molecule has 0 saturated carbocycles. The highest BCUT2D eigenvalue weighted by atomic mass is 32.2. The van der Waals surface area contributed by atoms with Gasteiger partial charge in [-0.25, -0.2) is 8.42 Å². The number of sulfone groups is 1. The largest absolute Gasteiger partial charge is 0.476 e. The lowest BCUT2D eigenvalue weighted by molar-refractivity contribution is -0.327. The first kappa shape index (κ1) is 16.9. The van der Waals surface area contributed by atoms with Crippen molar-refractivity contribution in [3.8, 4) is 0 Å². The van der Waals surface area contributed by atoms with Crippen molar-refractivity contribution in [2.75, 3.05) is 12.8 Å². The van der Waals surface area contributed by atoms with Crippen LogP contribution in [0.25, 0.3) is 0 Å². The fourth-order valence-electron chi connectivity index (χ4n) is 1.62. The summed E-state index contributed by atoms with van der Waals surface area (Å²) in [6, 6.07) is 7.24. The summed E-state index contributed by atoms with van der Waals surface area (Å²) < 4.78 is 40.5. The number of rotatable bonds is 5. The lowest BCUT2D eigenvalue weighted by Gasteiger charge is -2.16. The summed E-state index contributed by atoms with van der Waals surface area (Å²) in [5.74, 6) is -0.514. The first-order valence-electron chi connectivity index (χ1n) is 5.91. The van der Waals surface area contributed by atoms with E-state index in [0.29, 0.717) is 0 Å². The van der Waals surface area contributed by atoms with Crippen LogP contribution < -0.4 is 0 Å². The molecular formula is C10H13N2O8PS. The fourth-order valence-corrected chi connectivity index (χ4v) is 3.40. The van der Waals surface area contributed by atoms with Crippen molar-refractivity contribution in [1.29, 1.82) is 0 Å².